The van der Waals surface area contributed by atoms with Crippen molar-refractivity contribution in [2.24, 2.45) is 0 Å². The van der Waals surface area contributed by atoms with Crippen LogP contribution in [-0.4, -0.2) is 4.98 Å². The van der Waals surface area contributed by atoms with Crippen LogP contribution in [0.25, 0.3) is 21.5 Å². The Labute approximate surface area is 91.2 Å². The van der Waals surface area contributed by atoms with Crippen LogP contribution in [0.15, 0.2) is 40.3 Å². The largest absolute Gasteiger partial charge is 0.461 e. The van der Waals surface area contributed by atoms with Crippen LogP contribution >= 0.6 is 11.3 Å². The molecule has 2 aromatic heterocycles. The van der Waals surface area contributed by atoms with E-state index in [4.69, 9.17) is 4.42 Å². The zero-order chi connectivity index (χ0) is 10.3. The van der Waals surface area contributed by atoms with E-state index in [1.54, 1.807) is 11.3 Å². The number of furan rings is 1. The summed E-state index contributed by atoms with van der Waals surface area (Å²) in [6.45, 7) is 1.96. The second-order valence-corrected chi connectivity index (χ2v) is 4.34. The van der Waals surface area contributed by atoms with Crippen LogP contribution in [0.4, 0.5) is 0 Å². The predicted molar refractivity (Wildman–Crippen MR) is 62.1 cm³/mol. The average molecular weight is 215 g/mol. The minimum absolute atomic E-state index is 0.938. The SMILES string of the molecule is Cc1cc2cc(-c3nccs3)ccc2o1. The van der Waals surface area contributed by atoms with Gasteiger partial charge in [0.25, 0.3) is 0 Å². The molecule has 0 atom stereocenters. The molecule has 0 saturated carbocycles. The zero-order valence-electron chi connectivity index (χ0n) is 8.23. The molecule has 3 heteroatoms. The molecule has 1 aromatic carbocycles. The van der Waals surface area contributed by atoms with E-state index < -0.39 is 0 Å². The number of benzene rings is 1. The van der Waals surface area contributed by atoms with Gasteiger partial charge in [-0.15, -0.1) is 11.3 Å². The normalized spacial score (nSPS) is 11.0. The third-order valence-corrected chi connectivity index (χ3v) is 3.14. The van der Waals surface area contributed by atoms with E-state index in [1.807, 2.05) is 36.7 Å². The second kappa shape index (κ2) is 3.21. The lowest BCUT2D eigenvalue weighted by molar-refractivity contribution is 0.578. The maximum atomic E-state index is 5.52. The minimum atomic E-state index is 0.938. The molecule has 3 aromatic rings. The standard InChI is InChI=1S/C12H9NOS/c1-8-6-10-7-9(2-3-11(10)14-8)12-13-4-5-15-12/h2-7H,1H3. The lowest BCUT2D eigenvalue weighted by atomic mass is 10.2. The van der Waals surface area contributed by atoms with E-state index in [1.165, 1.54) is 0 Å². The molecule has 3 rings (SSSR count). The van der Waals surface area contributed by atoms with E-state index in [2.05, 4.69) is 11.1 Å². The number of fused-ring (bicyclic) bond motifs is 1. The van der Waals surface area contributed by atoms with Gasteiger partial charge in [-0.25, -0.2) is 4.98 Å². The predicted octanol–water partition coefficient (Wildman–Crippen LogP) is 3.86. The Balaban J connectivity index is 2.21. The van der Waals surface area contributed by atoms with Crippen molar-refractivity contribution in [3.05, 3.63) is 41.6 Å². The summed E-state index contributed by atoms with van der Waals surface area (Å²) in [4.78, 5) is 4.29. The van der Waals surface area contributed by atoms with Gasteiger partial charge in [-0.05, 0) is 31.2 Å². The number of hydrogen-bond acceptors (Lipinski definition) is 3. The van der Waals surface area contributed by atoms with Crippen molar-refractivity contribution in [2.45, 2.75) is 6.92 Å². The molecule has 2 heterocycles. The maximum Gasteiger partial charge on any atom is 0.134 e. The Morgan fingerprint density at radius 1 is 1.27 bits per heavy atom. The molecule has 0 N–H and O–H groups in total. The monoisotopic (exact) mass is 215 g/mol. The van der Waals surface area contributed by atoms with Gasteiger partial charge in [0.15, 0.2) is 0 Å². The average Bonchev–Trinajstić information content (AvgIpc) is 2.82. The Morgan fingerprint density at radius 3 is 3.00 bits per heavy atom. The summed E-state index contributed by atoms with van der Waals surface area (Å²) in [5.74, 6) is 0.946. The lowest BCUT2D eigenvalue weighted by Gasteiger charge is -1.95. The second-order valence-electron chi connectivity index (χ2n) is 3.45. The van der Waals surface area contributed by atoms with Gasteiger partial charge in [-0.1, -0.05) is 0 Å². The maximum absolute atomic E-state index is 5.52. The molecule has 0 radical (unpaired) electrons. The van der Waals surface area contributed by atoms with Crippen LogP contribution in [0.5, 0.6) is 0 Å². The quantitative estimate of drug-likeness (QED) is 0.616. The molecule has 0 fully saturated rings. The first-order chi connectivity index (χ1) is 7.33. The Bertz CT molecular complexity index is 595. The molecule has 0 saturated heterocycles. The first-order valence-electron chi connectivity index (χ1n) is 4.73. The van der Waals surface area contributed by atoms with Gasteiger partial charge in [0.05, 0.1) is 0 Å². The third-order valence-electron chi connectivity index (χ3n) is 2.32. The van der Waals surface area contributed by atoms with E-state index in [-0.39, 0.29) is 0 Å². The summed E-state index contributed by atoms with van der Waals surface area (Å²) in [5, 5.41) is 4.18. The Kier molecular flexibility index (Phi) is 1.86. The molecule has 74 valence electrons. The highest BCUT2D eigenvalue weighted by atomic mass is 32.1. The molecule has 0 spiro atoms. The number of nitrogens with zero attached hydrogens (tertiary/aromatic N) is 1. The molecule has 0 aliphatic carbocycles. The van der Waals surface area contributed by atoms with Gasteiger partial charge in [-0.2, -0.15) is 0 Å². The smallest absolute Gasteiger partial charge is 0.134 e. The topological polar surface area (TPSA) is 26.0 Å². The first kappa shape index (κ1) is 8.68. The van der Waals surface area contributed by atoms with Crippen molar-refractivity contribution in [3.8, 4) is 10.6 Å². The van der Waals surface area contributed by atoms with Crippen LogP contribution < -0.4 is 0 Å². The van der Waals surface area contributed by atoms with E-state index in [0.29, 0.717) is 0 Å². The molecule has 0 aliphatic heterocycles. The van der Waals surface area contributed by atoms with Crippen LogP contribution in [0, 0.1) is 6.92 Å². The van der Waals surface area contributed by atoms with Crippen LogP contribution in [0.1, 0.15) is 5.76 Å². The van der Waals surface area contributed by atoms with Crippen LogP contribution in [-0.2, 0) is 0 Å². The Morgan fingerprint density at radius 2 is 2.20 bits per heavy atom. The van der Waals surface area contributed by atoms with Gasteiger partial charge in [0, 0.05) is 22.5 Å². The number of aryl methyl sites for hydroxylation is 1. The summed E-state index contributed by atoms with van der Waals surface area (Å²) >= 11 is 1.65. The minimum Gasteiger partial charge on any atom is -0.461 e. The Hall–Kier alpha value is -1.61. The molecular weight excluding hydrogens is 206 g/mol. The van der Waals surface area contributed by atoms with Crippen LogP contribution in [0.3, 0.4) is 0 Å². The van der Waals surface area contributed by atoms with E-state index in [0.717, 1.165) is 27.3 Å². The fourth-order valence-corrected chi connectivity index (χ4v) is 2.31. The fourth-order valence-electron chi connectivity index (χ4n) is 1.68. The van der Waals surface area contributed by atoms with Crippen molar-refractivity contribution in [2.75, 3.05) is 0 Å². The summed E-state index contributed by atoms with van der Waals surface area (Å²) < 4.78 is 5.52. The summed E-state index contributed by atoms with van der Waals surface area (Å²) in [7, 11) is 0. The van der Waals surface area contributed by atoms with Crippen molar-refractivity contribution in [1.82, 2.24) is 4.98 Å². The molecule has 15 heavy (non-hydrogen) atoms. The van der Waals surface area contributed by atoms with Gasteiger partial charge in [-0.3, -0.25) is 0 Å². The number of rotatable bonds is 1. The van der Waals surface area contributed by atoms with Crippen molar-refractivity contribution in [1.29, 1.82) is 0 Å². The zero-order valence-corrected chi connectivity index (χ0v) is 9.04. The highest BCUT2D eigenvalue weighted by Crippen LogP contribution is 2.27. The summed E-state index contributed by atoms with van der Waals surface area (Å²) in [6.07, 6.45) is 1.82. The molecule has 0 amide bonds. The van der Waals surface area contributed by atoms with Crippen molar-refractivity contribution >= 4 is 22.3 Å². The number of hydrogen-bond donors (Lipinski definition) is 0. The van der Waals surface area contributed by atoms with Crippen molar-refractivity contribution in [3.63, 3.8) is 0 Å². The van der Waals surface area contributed by atoms with Gasteiger partial charge < -0.3 is 4.42 Å². The molecule has 2 nitrogen and oxygen atoms in total. The molecule has 0 bridgehead atoms. The third kappa shape index (κ3) is 1.45. The fraction of sp³-hybridized carbons (Fsp3) is 0.0833. The van der Waals surface area contributed by atoms with Gasteiger partial charge in [0.1, 0.15) is 16.4 Å². The molecule has 0 unspecified atom stereocenters. The van der Waals surface area contributed by atoms with Gasteiger partial charge >= 0.3 is 0 Å². The van der Waals surface area contributed by atoms with E-state index in [9.17, 15) is 0 Å². The first-order valence-corrected chi connectivity index (χ1v) is 5.61. The van der Waals surface area contributed by atoms with E-state index >= 15 is 0 Å². The number of aromatic nitrogens is 1. The lowest BCUT2D eigenvalue weighted by Crippen LogP contribution is -1.74. The van der Waals surface area contributed by atoms with Gasteiger partial charge in [0.2, 0.25) is 0 Å². The summed E-state index contributed by atoms with van der Waals surface area (Å²) in [5.41, 5.74) is 2.09. The summed E-state index contributed by atoms with van der Waals surface area (Å²) in [6, 6.07) is 8.21. The van der Waals surface area contributed by atoms with Crippen molar-refractivity contribution < 1.29 is 4.42 Å². The highest BCUT2D eigenvalue weighted by molar-refractivity contribution is 7.13. The number of thiazole rings is 1. The molecular formula is C12H9NOS. The van der Waals surface area contributed by atoms with Crippen LogP contribution in [0.2, 0.25) is 0 Å². The molecule has 0 aliphatic rings. The highest BCUT2D eigenvalue weighted by Gasteiger charge is 2.04.